The summed E-state index contributed by atoms with van der Waals surface area (Å²) in [6.07, 6.45) is -1.10. The number of nitrogens with one attached hydrogen (secondary N) is 1. The maximum absolute atomic E-state index is 13.1. The van der Waals surface area contributed by atoms with E-state index in [-0.39, 0.29) is 23.6 Å². The zero-order valence-electron chi connectivity index (χ0n) is 18.5. The van der Waals surface area contributed by atoms with Gasteiger partial charge in [0, 0.05) is 25.2 Å². The van der Waals surface area contributed by atoms with Crippen molar-refractivity contribution < 1.29 is 18.7 Å². The van der Waals surface area contributed by atoms with Gasteiger partial charge in [-0.25, -0.2) is 18.7 Å². The lowest BCUT2D eigenvalue weighted by Crippen LogP contribution is -2.45. The van der Waals surface area contributed by atoms with Crippen LogP contribution in [0, 0.1) is 6.92 Å². The number of nitrogen functional groups attached to an aromatic ring is 1. The van der Waals surface area contributed by atoms with E-state index in [1.165, 1.54) is 15.1 Å². The van der Waals surface area contributed by atoms with Gasteiger partial charge in [-0.15, -0.1) is 5.10 Å². The first-order valence-electron chi connectivity index (χ1n) is 10.7. The number of aromatic hydroxyl groups is 1. The van der Waals surface area contributed by atoms with Gasteiger partial charge in [-0.05, 0) is 31.9 Å². The summed E-state index contributed by atoms with van der Waals surface area (Å²) in [5.41, 5.74) is 8.13. The second-order valence-electron chi connectivity index (χ2n) is 8.30. The monoisotopic (exact) mass is 471 g/mol. The van der Waals surface area contributed by atoms with E-state index in [1.54, 1.807) is 31.0 Å². The molecule has 1 aliphatic rings. The number of likely N-dealkylation sites (N-methyl/N-ethyl adjacent to an activating group) is 1. The number of likely N-dealkylation sites (tertiary alicyclic amines) is 1. The first-order chi connectivity index (χ1) is 16.2. The Morgan fingerprint density at radius 1 is 1.29 bits per heavy atom. The summed E-state index contributed by atoms with van der Waals surface area (Å²) in [6.45, 7) is 1.79. The molecule has 0 saturated carbocycles. The second kappa shape index (κ2) is 8.08. The number of hydrogen-bond donors (Lipinski definition) is 3. The number of nitrogens with zero attached hydrogens (tertiary/aromatic N) is 7. The van der Waals surface area contributed by atoms with Crippen LogP contribution in [0.4, 0.5) is 20.5 Å². The Hall–Kier alpha value is -4.03. The summed E-state index contributed by atoms with van der Waals surface area (Å²) in [4.78, 5) is 27.1. The van der Waals surface area contributed by atoms with E-state index in [9.17, 15) is 18.7 Å². The van der Waals surface area contributed by atoms with Gasteiger partial charge in [0.05, 0.1) is 12.2 Å². The molecule has 0 spiro atoms. The number of piperidine rings is 1. The smallest absolute Gasteiger partial charge is 0.256 e. The lowest BCUT2D eigenvalue weighted by atomic mass is 10.1. The van der Waals surface area contributed by atoms with Gasteiger partial charge in [0.25, 0.3) is 6.43 Å². The lowest BCUT2D eigenvalue weighted by molar-refractivity contribution is -0.132. The Kier molecular flexibility index (Phi) is 5.18. The number of imidazole rings is 1. The van der Waals surface area contributed by atoms with E-state index < -0.39 is 19.0 Å². The van der Waals surface area contributed by atoms with Crippen LogP contribution in [0.5, 0.6) is 5.88 Å². The SMILES string of the molecule is Cc1nc2ccc(-c3cc(O)n4nc(NC5CCCN(C)C5=O)nc(N)c34)nc2n1CC(F)F. The number of rotatable bonds is 5. The molecule has 0 radical (unpaired) electrons. The van der Waals surface area contributed by atoms with Crippen LogP contribution >= 0.6 is 0 Å². The van der Waals surface area contributed by atoms with Crippen LogP contribution in [0.2, 0.25) is 0 Å². The van der Waals surface area contributed by atoms with Crippen LogP contribution in [0.25, 0.3) is 27.9 Å². The van der Waals surface area contributed by atoms with Crippen LogP contribution < -0.4 is 11.1 Å². The predicted octanol–water partition coefficient (Wildman–Crippen LogP) is 2.04. The zero-order chi connectivity index (χ0) is 24.1. The van der Waals surface area contributed by atoms with E-state index in [0.717, 1.165) is 6.42 Å². The molecule has 178 valence electrons. The number of halogens is 2. The maximum Gasteiger partial charge on any atom is 0.256 e. The number of hydrogen-bond acceptors (Lipinski definition) is 8. The van der Waals surface area contributed by atoms with E-state index in [0.29, 0.717) is 46.7 Å². The zero-order valence-corrected chi connectivity index (χ0v) is 18.5. The first kappa shape index (κ1) is 21.8. The molecule has 1 atom stereocenters. The van der Waals surface area contributed by atoms with Crippen LogP contribution in [0.15, 0.2) is 18.2 Å². The predicted molar refractivity (Wildman–Crippen MR) is 121 cm³/mol. The molecule has 1 fully saturated rings. The summed E-state index contributed by atoms with van der Waals surface area (Å²) in [5.74, 6) is 0.298. The summed E-state index contributed by atoms with van der Waals surface area (Å²) in [5, 5.41) is 17.9. The number of aromatic nitrogens is 6. The van der Waals surface area contributed by atoms with Crippen molar-refractivity contribution in [2.75, 3.05) is 24.6 Å². The second-order valence-corrected chi connectivity index (χ2v) is 8.30. The molecule has 1 amide bonds. The average Bonchev–Trinajstić information content (AvgIpc) is 3.28. The molecule has 13 heteroatoms. The largest absolute Gasteiger partial charge is 0.493 e. The molecule has 4 aromatic rings. The van der Waals surface area contributed by atoms with E-state index >= 15 is 0 Å². The maximum atomic E-state index is 13.1. The topological polar surface area (TPSA) is 139 Å². The highest BCUT2D eigenvalue weighted by atomic mass is 19.3. The molecule has 0 aromatic carbocycles. The standard InChI is InChI=1S/C21H23F2N9O2/c1-10-25-13-6-5-12(26-19(13)31(10)9-15(22)23)11-8-16(33)32-17(11)18(24)28-21(29-32)27-14-4-3-7-30(2)20(14)34/h5-6,8,14-15,33H,3-4,7,9H2,1-2H3,(H3,24,27,28,29). The van der Waals surface area contributed by atoms with Gasteiger partial charge in [0.2, 0.25) is 17.7 Å². The summed E-state index contributed by atoms with van der Waals surface area (Å²) >= 11 is 0. The van der Waals surface area contributed by atoms with Crippen molar-refractivity contribution in [3.05, 3.63) is 24.0 Å². The molecule has 4 aromatic heterocycles. The van der Waals surface area contributed by atoms with Crippen molar-refractivity contribution in [3.8, 4) is 17.1 Å². The van der Waals surface area contributed by atoms with Crippen LogP contribution in [-0.2, 0) is 11.3 Å². The van der Waals surface area contributed by atoms with Crippen molar-refractivity contribution in [2.24, 2.45) is 0 Å². The van der Waals surface area contributed by atoms with Gasteiger partial charge in [-0.2, -0.15) is 9.50 Å². The number of carbonyl (C=O) groups is 1. The van der Waals surface area contributed by atoms with Gasteiger partial charge in [-0.1, -0.05) is 0 Å². The summed E-state index contributed by atoms with van der Waals surface area (Å²) in [6, 6.07) is 4.28. The molecular weight excluding hydrogens is 448 g/mol. The quantitative estimate of drug-likeness (QED) is 0.402. The summed E-state index contributed by atoms with van der Waals surface area (Å²) < 4.78 is 28.7. The molecule has 1 unspecified atom stereocenters. The minimum absolute atomic E-state index is 0.0589. The Morgan fingerprint density at radius 2 is 2.09 bits per heavy atom. The molecule has 11 nitrogen and oxygen atoms in total. The van der Waals surface area contributed by atoms with Crippen molar-refractivity contribution in [3.63, 3.8) is 0 Å². The number of nitrogens with two attached hydrogens (primary N) is 1. The minimum atomic E-state index is -2.56. The van der Waals surface area contributed by atoms with Gasteiger partial charge >= 0.3 is 0 Å². The first-order valence-corrected chi connectivity index (χ1v) is 10.7. The number of fused-ring (bicyclic) bond motifs is 2. The highest BCUT2D eigenvalue weighted by Gasteiger charge is 2.28. The van der Waals surface area contributed by atoms with Crippen molar-refractivity contribution in [1.82, 2.24) is 34.0 Å². The molecule has 5 heterocycles. The normalized spacial score (nSPS) is 16.8. The molecular formula is C21H23F2N9O2. The number of amides is 1. The highest BCUT2D eigenvalue weighted by molar-refractivity contribution is 5.90. The fourth-order valence-corrected chi connectivity index (χ4v) is 4.32. The molecule has 5 rings (SSSR count). The number of carbonyl (C=O) groups excluding carboxylic acids is 1. The van der Waals surface area contributed by atoms with Gasteiger partial charge in [-0.3, -0.25) is 4.79 Å². The van der Waals surface area contributed by atoms with Gasteiger partial charge in [0.15, 0.2) is 11.5 Å². The average molecular weight is 471 g/mol. The third-order valence-corrected chi connectivity index (χ3v) is 5.96. The molecule has 4 N–H and O–H groups in total. The van der Waals surface area contributed by atoms with E-state index in [1.807, 2.05) is 0 Å². The molecule has 1 aliphatic heterocycles. The van der Waals surface area contributed by atoms with Crippen LogP contribution in [0.3, 0.4) is 0 Å². The number of alkyl halides is 2. The van der Waals surface area contributed by atoms with Crippen molar-refractivity contribution in [1.29, 1.82) is 0 Å². The van der Waals surface area contributed by atoms with Gasteiger partial charge in [0.1, 0.15) is 22.9 Å². The lowest BCUT2D eigenvalue weighted by Gasteiger charge is -2.29. The van der Waals surface area contributed by atoms with Crippen molar-refractivity contribution in [2.45, 2.75) is 38.8 Å². The minimum Gasteiger partial charge on any atom is -0.493 e. The van der Waals surface area contributed by atoms with E-state index in [4.69, 9.17) is 5.73 Å². The molecule has 0 bridgehead atoms. The fourth-order valence-electron chi connectivity index (χ4n) is 4.32. The highest BCUT2D eigenvalue weighted by Crippen LogP contribution is 2.34. The van der Waals surface area contributed by atoms with Crippen LogP contribution in [0.1, 0.15) is 18.7 Å². The third kappa shape index (κ3) is 3.62. The Bertz CT molecular complexity index is 1410. The number of aryl methyl sites for hydroxylation is 1. The Labute approximate surface area is 192 Å². The number of anilines is 2. The number of pyridine rings is 1. The Morgan fingerprint density at radius 3 is 2.85 bits per heavy atom. The summed E-state index contributed by atoms with van der Waals surface area (Å²) in [7, 11) is 1.73. The molecule has 34 heavy (non-hydrogen) atoms. The fraction of sp³-hybridized carbons (Fsp3) is 0.381. The van der Waals surface area contributed by atoms with Crippen LogP contribution in [-0.4, -0.2) is 71.1 Å². The van der Waals surface area contributed by atoms with Crippen molar-refractivity contribution >= 4 is 34.4 Å². The molecule has 0 aliphatic carbocycles. The van der Waals surface area contributed by atoms with E-state index in [2.05, 4.69) is 25.4 Å². The van der Waals surface area contributed by atoms with Gasteiger partial charge < -0.3 is 25.6 Å². The third-order valence-electron chi connectivity index (χ3n) is 5.96. The Balaban J connectivity index is 1.56. The molecule has 1 saturated heterocycles.